The molecule has 2 aromatic rings. The molecular weight excluding hydrogens is 423 g/mol. The molecule has 30 heavy (non-hydrogen) atoms. The molecular formula is C22H20ClFN4OS. The monoisotopic (exact) mass is 442 g/mol. The zero-order valence-corrected chi connectivity index (χ0v) is 18.1. The Labute approximate surface area is 185 Å². The van der Waals surface area contributed by atoms with E-state index in [-0.39, 0.29) is 27.4 Å². The van der Waals surface area contributed by atoms with Crippen molar-refractivity contribution < 1.29 is 9.18 Å². The molecule has 2 fully saturated rings. The molecule has 1 aromatic heterocycles. The lowest BCUT2D eigenvalue weighted by Crippen LogP contribution is -2.55. The number of aryl methyl sites for hydroxylation is 1. The summed E-state index contributed by atoms with van der Waals surface area (Å²) in [5, 5.41) is -0.102. The summed E-state index contributed by atoms with van der Waals surface area (Å²) in [6.07, 6.45) is 6.94. The highest BCUT2D eigenvalue weighted by atomic mass is 35.5. The van der Waals surface area contributed by atoms with Crippen molar-refractivity contribution >= 4 is 51.9 Å². The second kappa shape index (κ2) is 7.93. The molecule has 1 saturated carbocycles. The number of rotatable bonds is 5. The maximum Gasteiger partial charge on any atom is 0.259 e. The summed E-state index contributed by atoms with van der Waals surface area (Å²) in [4.78, 5) is 24.2. The van der Waals surface area contributed by atoms with Crippen LogP contribution < -0.4 is 9.80 Å². The number of thiocarbonyl (C=S) groups is 1. The topological polar surface area (TPSA) is 40.8 Å². The number of nitrogens with zero attached hydrogens (tertiary/aromatic N) is 4. The zero-order chi connectivity index (χ0) is 21.5. The van der Waals surface area contributed by atoms with E-state index in [9.17, 15) is 9.18 Å². The van der Waals surface area contributed by atoms with Gasteiger partial charge in [-0.3, -0.25) is 14.7 Å². The van der Waals surface area contributed by atoms with Gasteiger partial charge in [-0.15, -0.1) is 0 Å². The average molecular weight is 443 g/mol. The van der Waals surface area contributed by atoms with Gasteiger partial charge in [0.05, 0.1) is 29.2 Å². The van der Waals surface area contributed by atoms with Gasteiger partial charge in [0.2, 0.25) is 5.69 Å². The quantitative estimate of drug-likeness (QED) is 0.431. The number of unbranched alkanes of at least 4 members (excludes halogenated alkanes) is 1. The molecule has 0 atom stereocenters. The van der Waals surface area contributed by atoms with Gasteiger partial charge in [-0.25, -0.2) is 9.24 Å². The number of halogens is 2. The Morgan fingerprint density at radius 2 is 2.10 bits per heavy atom. The van der Waals surface area contributed by atoms with E-state index in [1.54, 1.807) is 11.1 Å². The Bertz CT molecular complexity index is 1060. The first-order valence-corrected chi connectivity index (χ1v) is 10.7. The molecule has 1 aromatic carbocycles. The van der Waals surface area contributed by atoms with Crippen molar-refractivity contribution in [1.82, 2.24) is 4.98 Å². The Hall–Kier alpha value is -2.56. The largest absolute Gasteiger partial charge is 0.301 e. The molecule has 0 radical (unpaired) electrons. The number of aromatic nitrogens is 1. The SMILES string of the molecule is [C-]#[N+]c1ccc(N2C(=O)C3(CCC3)N(c3ccc(CCCC)nc3)C2=S)c(F)c1Cl. The molecule has 0 N–H and O–H groups in total. The van der Waals surface area contributed by atoms with E-state index in [0.717, 1.165) is 37.1 Å². The second-order valence-corrected chi connectivity index (χ2v) is 8.34. The molecule has 0 unspecified atom stereocenters. The molecule has 1 spiro atoms. The summed E-state index contributed by atoms with van der Waals surface area (Å²) in [6, 6.07) is 6.67. The van der Waals surface area contributed by atoms with E-state index >= 15 is 0 Å². The van der Waals surface area contributed by atoms with Crippen molar-refractivity contribution in [2.75, 3.05) is 9.80 Å². The fourth-order valence-electron chi connectivity index (χ4n) is 4.04. The zero-order valence-electron chi connectivity index (χ0n) is 16.5. The van der Waals surface area contributed by atoms with Crippen LogP contribution in [0.25, 0.3) is 4.85 Å². The van der Waals surface area contributed by atoms with Crippen molar-refractivity contribution in [2.45, 2.75) is 51.0 Å². The Morgan fingerprint density at radius 3 is 2.67 bits per heavy atom. The van der Waals surface area contributed by atoms with Crippen LogP contribution in [0.2, 0.25) is 5.02 Å². The molecule has 1 aliphatic heterocycles. The Balaban J connectivity index is 1.74. The van der Waals surface area contributed by atoms with Crippen LogP contribution in [0.4, 0.5) is 21.5 Å². The lowest BCUT2D eigenvalue weighted by molar-refractivity contribution is -0.123. The molecule has 5 nitrogen and oxygen atoms in total. The molecule has 0 bridgehead atoms. The third-order valence-electron chi connectivity index (χ3n) is 5.85. The van der Waals surface area contributed by atoms with Gasteiger partial charge in [0.25, 0.3) is 5.91 Å². The van der Waals surface area contributed by atoms with Crippen molar-refractivity contribution in [1.29, 1.82) is 0 Å². The average Bonchev–Trinajstić information content (AvgIpc) is 2.96. The fourth-order valence-corrected chi connectivity index (χ4v) is 4.70. The summed E-state index contributed by atoms with van der Waals surface area (Å²) in [5.74, 6) is -1.08. The first-order valence-electron chi connectivity index (χ1n) is 9.93. The number of pyridine rings is 1. The minimum absolute atomic E-state index is 0.00226. The smallest absolute Gasteiger partial charge is 0.259 e. The normalized spacial score (nSPS) is 17.4. The summed E-state index contributed by atoms with van der Waals surface area (Å²) < 4.78 is 15.0. The first kappa shape index (κ1) is 20.7. The molecule has 1 saturated heterocycles. The highest BCUT2D eigenvalue weighted by molar-refractivity contribution is 7.81. The Kier molecular flexibility index (Phi) is 5.48. The third kappa shape index (κ3) is 3.06. The number of benzene rings is 1. The first-order chi connectivity index (χ1) is 14.4. The van der Waals surface area contributed by atoms with Crippen molar-refractivity contribution in [3.63, 3.8) is 0 Å². The highest BCUT2D eigenvalue weighted by Crippen LogP contribution is 2.48. The Morgan fingerprint density at radius 1 is 1.33 bits per heavy atom. The van der Waals surface area contributed by atoms with Crippen LogP contribution >= 0.6 is 23.8 Å². The van der Waals surface area contributed by atoms with Crippen molar-refractivity contribution in [3.05, 3.63) is 58.4 Å². The molecule has 2 heterocycles. The summed E-state index contributed by atoms with van der Waals surface area (Å²) in [5.41, 5.74) is 0.867. The third-order valence-corrected chi connectivity index (χ3v) is 6.57. The molecule has 4 rings (SSSR count). The lowest BCUT2D eigenvalue weighted by atomic mass is 9.75. The van der Waals surface area contributed by atoms with E-state index in [0.29, 0.717) is 12.8 Å². The molecule has 154 valence electrons. The minimum Gasteiger partial charge on any atom is -0.301 e. The standard InChI is InChI=1S/C22H20ClFN4OS/c1-3-4-6-14-7-8-15(13-26-14)28-21(30)27(20(29)22(28)11-5-12-22)17-10-9-16(25-2)18(23)19(17)24/h7-10,13H,3-6,11-12H2,1H3. The van der Waals surface area contributed by atoms with E-state index in [2.05, 4.69) is 16.8 Å². The van der Waals surface area contributed by atoms with Crippen LogP contribution in [0.15, 0.2) is 30.5 Å². The van der Waals surface area contributed by atoms with Gasteiger partial charge in [-0.05, 0) is 62.5 Å². The van der Waals surface area contributed by atoms with E-state index in [1.165, 1.54) is 17.0 Å². The van der Waals surface area contributed by atoms with Gasteiger partial charge >= 0.3 is 0 Å². The van der Waals surface area contributed by atoms with Crippen LogP contribution in [0.3, 0.4) is 0 Å². The van der Waals surface area contributed by atoms with Gasteiger partial charge in [0.15, 0.2) is 10.9 Å². The van der Waals surface area contributed by atoms with Crippen molar-refractivity contribution in [2.24, 2.45) is 0 Å². The maximum absolute atomic E-state index is 15.0. The van der Waals surface area contributed by atoms with E-state index in [4.69, 9.17) is 30.4 Å². The molecule has 1 aliphatic carbocycles. The molecule has 8 heteroatoms. The van der Waals surface area contributed by atoms with Gasteiger partial charge < -0.3 is 4.90 Å². The summed E-state index contributed by atoms with van der Waals surface area (Å²) in [6.45, 7) is 9.23. The summed E-state index contributed by atoms with van der Waals surface area (Å²) >= 11 is 11.7. The summed E-state index contributed by atoms with van der Waals surface area (Å²) in [7, 11) is 0. The lowest BCUT2D eigenvalue weighted by Gasteiger charge is -2.42. The molecule has 2 aliphatic rings. The maximum atomic E-state index is 15.0. The minimum atomic E-state index is -0.818. The second-order valence-electron chi connectivity index (χ2n) is 7.60. The predicted octanol–water partition coefficient (Wildman–Crippen LogP) is 5.83. The van der Waals surface area contributed by atoms with E-state index in [1.807, 2.05) is 12.1 Å². The molecule has 1 amide bonds. The van der Waals surface area contributed by atoms with Crippen LogP contribution in [0, 0.1) is 12.4 Å². The van der Waals surface area contributed by atoms with Crippen molar-refractivity contribution in [3.8, 4) is 0 Å². The van der Waals surface area contributed by atoms with Crippen LogP contribution in [-0.2, 0) is 11.2 Å². The fraction of sp³-hybridized carbons (Fsp3) is 0.364. The number of anilines is 2. The van der Waals surface area contributed by atoms with Gasteiger partial charge in [-0.1, -0.05) is 31.0 Å². The van der Waals surface area contributed by atoms with Gasteiger partial charge in [-0.2, -0.15) is 0 Å². The van der Waals surface area contributed by atoms with E-state index < -0.39 is 11.4 Å². The number of carbonyl (C=O) groups excluding carboxylic acids is 1. The number of hydrogen-bond donors (Lipinski definition) is 0. The number of carbonyl (C=O) groups is 1. The predicted molar refractivity (Wildman–Crippen MR) is 120 cm³/mol. The van der Waals surface area contributed by atoms with Crippen LogP contribution in [0.1, 0.15) is 44.7 Å². The number of amides is 1. The van der Waals surface area contributed by atoms with Gasteiger partial charge in [0, 0.05) is 5.69 Å². The van der Waals surface area contributed by atoms with Gasteiger partial charge in [0.1, 0.15) is 5.54 Å². The highest BCUT2D eigenvalue weighted by Gasteiger charge is 2.60. The van der Waals surface area contributed by atoms with Crippen LogP contribution in [-0.4, -0.2) is 21.5 Å². The van der Waals surface area contributed by atoms with Crippen LogP contribution in [0.5, 0.6) is 0 Å². The number of hydrogen-bond acceptors (Lipinski definition) is 3.